The Morgan fingerprint density at radius 1 is 1.26 bits per heavy atom. The molecule has 0 bridgehead atoms. The van der Waals surface area contributed by atoms with Gasteiger partial charge in [-0.3, -0.25) is 14.5 Å². The van der Waals surface area contributed by atoms with Crippen molar-refractivity contribution in [3.05, 3.63) is 0 Å². The quantitative estimate of drug-likeness (QED) is 0.568. The van der Waals surface area contributed by atoms with Crippen LogP contribution in [-0.2, 0) is 9.59 Å². The highest BCUT2D eigenvalue weighted by Crippen LogP contribution is 2.13. The predicted octanol–water partition coefficient (Wildman–Crippen LogP) is -1.67. The van der Waals surface area contributed by atoms with E-state index < -0.39 is 18.1 Å². The van der Waals surface area contributed by atoms with E-state index in [1.807, 2.05) is 4.90 Å². The normalized spacial score (nSPS) is 30.3. The van der Waals surface area contributed by atoms with E-state index in [1.165, 1.54) is 0 Å². The van der Waals surface area contributed by atoms with Crippen LogP contribution in [0.2, 0.25) is 0 Å². The molecule has 19 heavy (non-hydrogen) atoms. The molecule has 0 spiro atoms. The van der Waals surface area contributed by atoms with Crippen molar-refractivity contribution >= 4 is 11.9 Å². The molecular weight excluding hydrogens is 250 g/mol. The number of nitrogens with one attached hydrogen (secondary N) is 1. The molecule has 1 amide bonds. The van der Waals surface area contributed by atoms with Crippen LogP contribution in [0.3, 0.4) is 0 Å². The Morgan fingerprint density at radius 2 is 1.89 bits per heavy atom. The highest BCUT2D eigenvalue weighted by Gasteiger charge is 2.33. The average Bonchev–Trinajstić information content (AvgIpc) is 2.84. The van der Waals surface area contributed by atoms with Crippen LogP contribution in [0.25, 0.3) is 0 Å². The summed E-state index contributed by atoms with van der Waals surface area (Å²) in [6.07, 6.45) is 0.0205. The smallest absolute Gasteiger partial charge is 0.320 e. The monoisotopic (exact) mass is 271 g/mol. The van der Waals surface area contributed by atoms with E-state index in [4.69, 9.17) is 5.11 Å². The molecule has 0 aromatic carbocycles. The fourth-order valence-corrected chi connectivity index (χ4v) is 2.61. The molecule has 0 saturated carbocycles. The molecule has 7 heteroatoms. The third-order valence-electron chi connectivity index (χ3n) is 3.94. The van der Waals surface area contributed by atoms with Gasteiger partial charge in [-0.05, 0) is 13.3 Å². The van der Waals surface area contributed by atoms with Gasteiger partial charge in [-0.15, -0.1) is 0 Å². The molecule has 0 aliphatic carbocycles. The lowest BCUT2D eigenvalue weighted by atomic mass is 10.1. The maximum Gasteiger partial charge on any atom is 0.320 e. The van der Waals surface area contributed by atoms with Gasteiger partial charge in [-0.25, -0.2) is 0 Å². The number of aliphatic carboxylic acids is 1. The topological polar surface area (TPSA) is 93.1 Å². The molecule has 2 aliphatic heterocycles. The number of β-amino-alcohol motifs (C(OH)–C–C–N with tert-alkyl or cyclic N) is 1. The largest absolute Gasteiger partial charge is 0.480 e. The molecule has 2 rings (SSSR count). The number of hydrogen-bond donors (Lipinski definition) is 3. The first-order chi connectivity index (χ1) is 8.99. The van der Waals surface area contributed by atoms with Crippen LogP contribution < -0.4 is 5.32 Å². The number of aliphatic hydroxyl groups excluding tert-OH is 1. The third kappa shape index (κ3) is 3.23. The van der Waals surface area contributed by atoms with Gasteiger partial charge in [0.05, 0.1) is 12.1 Å². The number of carbonyl (C=O) groups excluding carboxylic acids is 1. The van der Waals surface area contributed by atoms with Crippen molar-refractivity contribution in [1.29, 1.82) is 0 Å². The number of carbonyl (C=O) groups is 2. The second-order valence-corrected chi connectivity index (χ2v) is 5.23. The van der Waals surface area contributed by atoms with Crippen molar-refractivity contribution in [2.45, 2.75) is 31.5 Å². The Labute approximate surface area is 112 Å². The molecule has 2 aliphatic rings. The average molecular weight is 271 g/mol. The van der Waals surface area contributed by atoms with Gasteiger partial charge < -0.3 is 20.4 Å². The lowest BCUT2D eigenvalue weighted by molar-refractivity contribution is -0.144. The molecule has 3 N–H and O–H groups in total. The van der Waals surface area contributed by atoms with Gasteiger partial charge >= 0.3 is 5.97 Å². The molecular formula is C12H21N3O4. The van der Waals surface area contributed by atoms with Gasteiger partial charge in [-0.1, -0.05) is 0 Å². The molecule has 2 saturated heterocycles. The molecule has 3 unspecified atom stereocenters. The van der Waals surface area contributed by atoms with Crippen molar-refractivity contribution in [2.24, 2.45) is 0 Å². The van der Waals surface area contributed by atoms with Gasteiger partial charge in [0.1, 0.15) is 6.04 Å². The minimum Gasteiger partial charge on any atom is -0.480 e. The van der Waals surface area contributed by atoms with E-state index in [-0.39, 0.29) is 11.9 Å². The maximum atomic E-state index is 12.2. The summed E-state index contributed by atoms with van der Waals surface area (Å²) in [6.45, 7) is 4.37. The second-order valence-electron chi connectivity index (χ2n) is 5.23. The molecule has 108 valence electrons. The summed E-state index contributed by atoms with van der Waals surface area (Å²) >= 11 is 0. The Balaban J connectivity index is 1.83. The number of amides is 1. The first kappa shape index (κ1) is 14.2. The molecule has 7 nitrogen and oxygen atoms in total. The van der Waals surface area contributed by atoms with E-state index in [0.717, 1.165) is 0 Å². The predicted molar refractivity (Wildman–Crippen MR) is 67.7 cm³/mol. The summed E-state index contributed by atoms with van der Waals surface area (Å²) < 4.78 is 0. The minimum atomic E-state index is -0.833. The number of carboxylic acids is 1. The van der Waals surface area contributed by atoms with Crippen LogP contribution in [0.15, 0.2) is 0 Å². The van der Waals surface area contributed by atoms with Gasteiger partial charge in [0.25, 0.3) is 0 Å². The number of aliphatic hydroxyl groups is 1. The zero-order valence-electron chi connectivity index (χ0n) is 11.1. The van der Waals surface area contributed by atoms with Gasteiger partial charge in [-0.2, -0.15) is 0 Å². The zero-order chi connectivity index (χ0) is 14.0. The zero-order valence-corrected chi connectivity index (χ0v) is 11.1. The van der Waals surface area contributed by atoms with Crippen molar-refractivity contribution < 1.29 is 19.8 Å². The summed E-state index contributed by atoms with van der Waals surface area (Å²) in [5.74, 6) is -0.820. The number of nitrogens with zero attached hydrogens (tertiary/aromatic N) is 2. The van der Waals surface area contributed by atoms with Gasteiger partial charge in [0, 0.05) is 32.7 Å². The van der Waals surface area contributed by atoms with Crippen LogP contribution in [0.1, 0.15) is 13.3 Å². The number of piperazine rings is 1. The van der Waals surface area contributed by atoms with Crippen LogP contribution in [0.5, 0.6) is 0 Å². The summed E-state index contributed by atoms with van der Waals surface area (Å²) in [5.41, 5.74) is 0. The van der Waals surface area contributed by atoms with Crippen LogP contribution in [0.4, 0.5) is 0 Å². The molecule has 0 radical (unpaired) electrons. The first-order valence-electron chi connectivity index (χ1n) is 6.66. The second kappa shape index (κ2) is 5.85. The van der Waals surface area contributed by atoms with Crippen LogP contribution in [-0.4, -0.2) is 82.8 Å². The highest BCUT2D eigenvalue weighted by atomic mass is 16.4. The Bertz CT molecular complexity index is 355. The summed E-state index contributed by atoms with van der Waals surface area (Å²) in [7, 11) is 0. The Hall–Kier alpha value is -1.18. The minimum absolute atomic E-state index is 0.0131. The van der Waals surface area contributed by atoms with Crippen LogP contribution in [0, 0.1) is 0 Å². The summed E-state index contributed by atoms with van der Waals surface area (Å²) in [5, 5.41) is 21.4. The Morgan fingerprint density at radius 3 is 2.37 bits per heavy atom. The molecule has 2 heterocycles. The number of carboxylic acid groups (broad SMARTS) is 1. The van der Waals surface area contributed by atoms with Crippen molar-refractivity contribution in [3.8, 4) is 0 Å². The number of hydrogen-bond acceptors (Lipinski definition) is 5. The molecule has 0 aromatic rings. The number of rotatable bonds is 3. The SMILES string of the molecule is CC(C(=O)O)N1CCN(C(=O)C2CC(O)CN2)CC1. The van der Waals surface area contributed by atoms with Crippen molar-refractivity contribution in [2.75, 3.05) is 32.7 Å². The van der Waals surface area contributed by atoms with E-state index >= 15 is 0 Å². The first-order valence-corrected chi connectivity index (χ1v) is 6.66. The third-order valence-corrected chi connectivity index (χ3v) is 3.94. The lowest BCUT2D eigenvalue weighted by Crippen LogP contribution is -2.55. The van der Waals surface area contributed by atoms with Gasteiger partial charge in [0.15, 0.2) is 0 Å². The van der Waals surface area contributed by atoms with E-state index in [1.54, 1.807) is 11.8 Å². The van der Waals surface area contributed by atoms with Crippen LogP contribution >= 0.6 is 0 Å². The fourth-order valence-electron chi connectivity index (χ4n) is 2.61. The van der Waals surface area contributed by atoms with Crippen molar-refractivity contribution in [3.63, 3.8) is 0 Å². The standard InChI is InChI=1S/C12H21N3O4/c1-8(12(18)19)14-2-4-15(5-3-14)11(17)10-6-9(16)7-13-10/h8-10,13,16H,2-7H2,1H3,(H,18,19). The molecule has 2 fully saturated rings. The highest BCUT2D eigenvalue weighted by molar-refractivity contribution is 5.82. The fraction of sp³-hybridized carbons (Fsp3) is 0.833. The maximum absolute atomic E-state index is 12.2. The van der Waals surface area contributed by atoms with E-state index in [2.05, 4.69) is 5.32 Å². The summed E-state index contributed by atoms with van der Waals surface area (Å²) in [4.78, 5) is 26.7. The van der Waals surface area contributed by atoms with Crippen molar-refractivity contribution in [1.82, 2.24) is 15.1 Å². The molecule has 0 aromatic heterocycles. The lowest BCUT2D eigenvalue weighted by Gasteiger charge is -2.37. The van der Waals surface area contributed by atoms with E-state index in [0.29, 0.717) is 39.1 Å². The van der Waals surface area contributed by atoms with Gasteiger partial charge in [0.2, 0.25) is 5.91 Å². The van der Waals surface area contributed by atoms with E-state index in [9.17, 15) is 14.7 Å². The Kier molecular flexibility index (Phi) is 4.38. The summed E-state index contributed by atoms with van der Waals surface area (Å²) in [6, 6.07) is -0.804. The molecule has 3 atom stereocenters.